The Morgan fingerprint density at radius 1 is 1.48 bits per heavy atom. The van der Waals surface area contributed by atoms with Crippen molar-refractivity contribution in [3.05, 3.63) is 46.2 Å². The van der Waals surface area contributed by atoms with Gasteiger partial charge in [-0.2, -0.15) is 5.26 Å². The number of anilines is 1. The van der Waals surface area contributed by atoms with Gasteiger partial charge in [0.15, 0.2) is 0 Å². The third kappa shape index (κ3) is 4.87. The summed E-state index contributed by atoms with van der Waals surface area (Å²) in [7, 11) is 1.71. The fourth-order valence-electron chi connectivity index (χ4n) is 2.99. The molecule has 8 heteroatoms. The molecule has 2 aromatic rings. The fourth-order valence-corrected chi connectivity index (χ4v) is 4.26. The number of nitrogens with zero attached hydrogens (tertiary/aromatic N) is 2. The number of hydrogen-bond acceptors (Lipinski definition) is 6. The molecule has 29 heavy (non-hydrogen) atoms. The Hall–Kier alpha value is -3.05. The third-order valence-electron chi connectivity index (χ3n) is 4.87. The summed E-state index contributed by atoms with van der Waals surface area (Å²) in [5.41, 5.74) is 2.22. The number of ether oxygens (including phenoxy) is 1. The molecule has 0 fully saturated rings. The predicted molar refractivity (Wildman–Crippen MR) is 111 cm³/mol. The van der Waals surface area contributed by atoms with E-state index in [0.717, 1.165) is 16.0 Å². The normalized spacial score (nSPS) is 15.8. The van der Waals surface area contributed by atoms with Crippen molar-refractivity contribution in [2.24, 2.45) is 0 Å². The van der Waals surface area contributed by atoms with Crippen LogP contribution in [0.15, 0.2) is 29.1 Å². The van der Waals surface area contributed by atoms with E-state index < -0.39 is 0 Å². The van der Waals surface area contributed by atoms with Gasteiger partial charge in [-0.15, -0.1) is 11.3 Å². The minimum Gasteiger partial charge on any atom is -0.472 e. The van der Waals surface area contributed by atoms with Crippen molar-refractivity contribution in [1.82, 2.24) is 4.90 Å². The van der Waals surface area contributed by atoms with E-state index in [1.165, 1.54) is 29.9 Å². The van der Waals surface area contributed by atoms with Gasteiger partial charge in [0.2, 0.25) is 5.91 Å². The van der Waals surface area contributed by atoms with Crippen LogP contribution in [0.3, 0.4) is 0 Å². The van der Waals surface area contributed by atoms with Crippen LogP contribution in [-0.2, 0) is 22.4 Å². The summed E-state index contributed by atoms with van der Waals surface area (Å²) in [5, 5.41) is 12.9. The number of thiophene rings is 1. The fraction of sp³-hybridized carbons (Fsp3) is 0.381. The molecule has 152 valence electrons. The number of nitrogens with one attached hydrogen (secondary N) is 1. The quantitative estimate of drug-likeness (QED) is 0.741. The lowest BCUT2D eigenvalue weighted by molar-refractivity contribution is -0.111. The number of carbonyl (C=O) groups excluding carboxylic acids is 2. The average molecular weight is 413 g/mol. The van der Waals surface area contributed by atoms with Gasteiger partial charge in [0, 0.05) is 36.0 Å². The Bertz CT molecular complexity index is 953. The van der Waals surface area contributed by atoms with Crippen LogP contribution in [0.2, 0.25) is 0 Å². The second-order valence-corrected chi connectivity index (χ2v) is 8.26. The number of furan rings is 1. The van der Waals surface area contributed by atoms with Crippen molar-refractivity contribution in [3.8, 4) is 6.07 Å². The minimum absolute atomic E-state index is 0.0606. The first-order valence-corrected chi connectivity index (χ1v) is 10.2. The molecule has 1 aliphatic rings. The van der Waals surface area contributed by atoms with Crippen LogP contribution in [0.4, 0.5) is 9.80 Å². The average Bonchev–Trinajstić information content (AvgIpc) is 3.32. The summed E-state index contributed by atoms with van der Waals surface area (Å²) in [6.45, 7) is 3.85. The SMILES string of the molecule is CC(C)N(C)C(=O)OC1CCc2c(sc(NC(=O)C=Cc3ccoc3)c2C#N)C1. The summed E-state index contributed by atoms with van der Waals surface area (Å²) in [4.78, 5) is 27.0. The first kappa shape index (κ1) is 20.7. The number of amides is 2. The topological polar surface area (TPSA) is 95.6 Å². The molecule has 1 N–H and O–H groups in total. The lowest BCUT2D eigenvalue weighted by Crippen LogP contribution is -2.37. The molecule has 7 nitrogen and oxygen atoms in total. The molecule has 0 bridgehead atoms. The molecular weight excluding hydrogens is 390 g/mol. The second kappa shape index (κ2) is 8.97. The maximum atomic E-state index is 12.2. The molecular formula is C21H23N3O4S. The second-order valence-electron chi connectivity index (χ2n) is 7.15. The molecule has 2 heterocycles. The van der Waals surface area contributed by atoms with Gasteiger partial charge in [0.1, 0.15) is 17.2 Å². The zero-order valence-corrected chi connectivity index (χ0v) is 17.4. The summed E-state index contributed by atoms with van der Waals surface area (Å²) < 4.78 is 10.6. The van der Waals surface area contributed by atoms with Gasteiger partial charge < -0.3 is 19.4 Å². The smallest absolute Gasteiger partial charge is 0.410 e. The molecule has 0 saturated carbocycles. The highest BCUT2D eigenvalue weighted by Gasteiger charge is 2.29. The Labute approximate surface area is 173 Å². The van der Waals surface area contributed by atoms with Crippen LogP contribution < -0.4 is 5.32 Å². The predicted octanol–water partition coefficient (Wildman–Crippen LogP) is 4.20. The first-order valence-electron chi connectivity index (χ1n) is 9.38. The van der Waals surface area contributed by atoms with Gasteiger partial charge in [-0.1, -0.05) is 0 Å². The summed E-state index contributed by atoms with van der Waals surface area (Å²) in [6.07, 6.45) is 7.37. The molecule has 0 saturated heterocycles. The number of carbonyl (C=O) groups is 2. The Morgan fingerprint density at radius 2 is 2.28 bits per heavy atom. The van der Waals surface area contributed by atoms with Gasteiger partial charge in [-0.3, -0.25) is 4.79 Å². The zero-order chi connectivity index (χ0) is 21.0. The van der Waals surface area contributed by atoms with Crippen LogP contribution >= 0.6 is 11.3 Å². The Balaban J connectivity index is 1.69. The molecule has 2 amide bonds. The molecule has 2 aromatic heterocycles. The molecule has 1 unspecified atom stereocenters. The van der Waals surface area contributed by atoms with Crippen LogP contribution in [0.5, 0.6) is 0 Å². The highest BCUT2D eigenvalue weighted by Crippen LogP contribution is 2.38. The molecule has 3 rings (SSSR count). The van der Waals surface area contributed by atoms with E-state index in [-0.39, 0.29) is 24.1 Å². The van der Waals surface area contributed by atoms with E-state index in [2.05, 4.69) is 11.4 Å². The summed E-state index contributed by atoms with van der Waals surface area (Å²) in [5.74, 6) is -0.317. The van der Waals surface area contributed by atoms with E-state index in [1.54, 1.807) is 24.1 Å². The minimum atomic E-state index is -0.344. The van der Waals surface area contributed by atoms with Gasteiger partial charge in [-0.25, -0.2) is 4.79 Å². The molecule has 0 aliphatic heterocycles. The number of fused-ring (bicyclic) bond motifs is 1. The van der Waals surface area contributed by atoms with Crippen LogP contribution in [0.1, 0.15) is 41.8 Å². The standard InChI is InChI=1S/C21H23N3O4S/c1-13(2)24(3)21(26)28-15-5-6-16-17(11-22)20(29-18(16)10-15)23-19(25)7-4-14-8-9-27-12-14/h4,7-9,12-13,15H,5-6,10H2,1-3H3,(H,23,25). The van der Waals surface area contributed by atoms with Crippen LogP contribution in [0, 0.1) is 11.3 Å². The van der Waals surface area contributed by atoms with E-state index in [4.69, 9.17) is 9.15 Å². The highest BCUT2D eigenvalue weighted by atomic mass is 32.1. The number of nitriles is 1. The first-order chi connectivity index (χ1) is 13.9. The monoisotopic (exact) mass is 413 g/mol. The van der Waals surface area contributed by atoms with Crippen molar-refractivity contribution in [2.75, 3.05) is 12.4 Å². The van der Waals surface area contributed by atoms with Crippen molar-refractivity contribution >= 4 is 34.4 Å². The van der Waals surface area contributed by atoms with Crippen molar-refractivity contribution in [3.63, 3.8) is 0 Å². The highest BCUT2D eigenvalue weighted by molar-refractivity contribution is 7.16. The van der Waals surface area contributed by atoms with Crippen molar-refractivity contribution in [2.45, 2.75) is 45.3 Å². The molecule has 1 atom stereocenters. The van der Waals surface area contributed by atoms with Gasteiger partial charge in [-0.05, 0) is 44.4 Å². The third-order valence-corrected chi connectivity index (χ3v) is 6.04. The molecule has 0 spiro atoms. The Kier molecular flexibility index (Phi) is 6.39. The van der Waals surface area contributed by atoms with E-state index >= 15 is 0 Å². The maximum Gasteiger partial charge on any atom is 0.410 e. The molecule has 1 aliphatic carbocycles. The van der Waals surface area contributed by atoms with Gasteiger partial charge >= 0.3 is 6.09 Å². The number of hydrogen-bond donors (Lipinski definition) is 1. The van der Waals surface area contributed by atoms with Crippen LogP contribution in [0.25, 0.3) is 6.08 Å². The molecule has 0 radical (unpaired) electrons. The van der Waals surface area contributed by atoms with Gasteiger partial charge in [0.05, 0.1) is 18.1 Å². The zero-order valence-electron chi connectivity index (χ0n) is 16.6. The summed E-state index contributed by atoms with van der Waals surface area (Å²) >= 11 is 1.37. The Morgan fingerprint density at radius 3 is 2.93 bits per heavy atom. The van der Waals surface area contributed by atoms with Crippen molar-refractivity contribution in [1.29, 1.82) is 5.26 Å². The summed E-state index contributed by atoms with van der Waals surface area (Å²) in [6, 6.07) is 4.01. The molecule has 0 aromatic carbocycles. The van der Waals surface area contributed by atoms with E-state index in [0.29, 0.717) is 29.8 Å². The van der Waals surface area contributed by atoms with E-state index in [9.17, 15) is 14.9 Å². The van der Waals surface area contributed by atoms with Gasteiger partial charge in [0.25, 0.3) is 0 Å². The number of rotatable bonds is 5. The van der Waals surface area contributed by atoms with E-state index in [1.807, 2.05) is 13.8 Å². The lowest BCUT2D eigenvalue weighted by atomic mass is 9.94. The lowest BCUT2D eigenvalue weighted by Gasteiger charge is -2.27. The van der Waals surface area contributed by atoms with Crippen LogP contribution in [-0.4, -0.2) is 36.1 Å². The maximum absolute atomic E-state index is 12.2. The largest absolute Gasteiger partial charge is 0.472 e. The van der Waals surface area contributed by atoms with Crippen molar-refractivity contribution < 1.29 is 18.7 Å².